The number of hydrogen-bond donors (Lipinski definition) is 0. The van der Waals surface area contributed by atoms with E-state index in [4.69, 9.17) is 9.47 Å². The van der Waals surface area contributed by atoms with E-state index in [0.717, 1.165) is 35.8 Å². The van der Waals surface area contributed by atoms with Gasteiger partial charge in [-0.2, -0.15) is 0 Å². The highest BCUT2D eigenvalue weighted by molar-refractivity contribution is 5.38. The molecule has 0 aliphatic heterocycles. The summed E-state index contributed by atoms with van der Waals surface area (Å²) in [5.41, 5.74) is 2.21. The Bertz CT molecular complexity index is 521. The van der Waals surface area contributed by atoms with Crippen molar-refractivity contribution in [2.75, 3.05) is 21.3 Å². The van der Waals surface area contributed by atoms with Gasteiger partial charge in [-0.25, -0.2) is 0 Å². The third kappa shape index (κ3) is 3.96. The van der Waals surface area contributed by atoms with Crippen LogP contribution in [0.25, 0.3) is 0 Å². The Morgan fingerprint density at radius 2 is 1.70 bits per heavy atom. The molecule has 0 saturated carbocycles. The highest BCUT2D eigenvalue weighted by Gasteiger charge is 2.06. The monoisotopic (exact) mass is 272 g/mol. The van der Waals surface area contributed by atoms with Crippen LogP contribution in [0.5, 0.6) is 11.5 Å². The number of methoxy groups -OCH3 is 2. The van der Waals surface area contributed by atoms with Gasteiger partial charge in [-0.1, -0.05) is 6.07 Å². The molecule has 1 aromatic carbocycles. The molecule has 106 valence electrons. The predicted octanol–water partition coefficient (Wildman–Crippen LogP) is 2.73. The molecule has 4 nitrogen and oxygen atoms in total. The van der Waals surface area contributed by atoms with Crippen LogP contribution in [0.3, 0.4) is 0 Å². The van der Waals surface area contributed by atoms with Crippen molar-refractivity contribution in [3.8, 4) is 11.5 Å². The number of aromatic nitrogens is 1. The Morgan fingerprint density at radius 3 is 2.25 bits per heavy atom. The lowest BCUT2D eigenvalue weighted by molar-refractivity contribution is 0.313. The van der Waals surface area contributed by atoms with Gasteiger partial charge in [-0.15, -0.1) is 0 Å². The topological polar surface area (TPSA) is 34.6 Å². The van der Waals surface area contributed by atoms with E-state index in [9.17, 15) is 0 Å². The Kier molecular flexibility index (Phi) is 4.96. The van der Waals surface area contributed by atoms with Crippen molar-refractivity contribution in [2.24, 2.45) is 0 Å². The maximum absolute atomic E-state index is 5.29. The molecule has 0 unspecified atom stereocenters. The molecule has 0 amide bonds. The van der Waals surface area contributed by atoms with Crippen molar-refractivity contribution >= 4 is 0 Å². The van der Waals surface area contributed by atoms with Crippen molar-refractivity contribution in [3.05, 3.63) is 53.9 Å². The van der Waals surface area contributed by atoms with Crippen LogP contribution in [0.1, 0.15) is 11.3 Å². The second-order valence-corrected chi connectivity index (χ2v) is 4.71. The van der Waals surface area contributed by atoms with Gasteiger partial charge in [0.05, 0.1) is 19.9 Å². The second-order valence-electron chi connectivity index (χ2n) is 4.71. The van der Waals surface area contributed by atoms with Crippen molar-refractivity contribution in [3.63, 3.8) is 0 Å². The van der Waals surface area contributed by atoms with Crippen LogP contribution in [0.15, 0.2) is 42.6 Å². The van der Waals surface area contributed by atoms with Crippen molar-refractivity contribution < 1.29 is 9.47 Å². The quantitative estimate of drug-likeness (QED) is 0.810. The summed E-state index contributed by atoms with van der Waals surface area (Å²) in [5, 5.41) is 0. The molecule has 2 aromatic rings. The molecule has 4 heteroatoms. The molecule has 0 bridgehead atoms. The summed E-state index contributed by atoms with van der Waals surface area (Å²) < 4.78 is 10.6. The minimum absolute atomic E-state index is 0.806. The van der Waals surface area contributed by atoms with E-state index >= 15 is 0 Å². The molecule has 0 aliphatic carbocycles. The molecule has 0 N–H and O–H groups in total. The molecule has 2 rings (SSSR count). The summed E-state index contributed by atoms with van der Waals surface area (Å²) in [4.78, 5) is 6.54. The summed E-state index contributed by atoms with van der Waals surface area (Å²) >= 11 is 0. The summed E-state index contributed by atoms with van der Waals surface area (Å²) in [6.45, 7) is 1.62. The van der Waals surface area contributed by atoms with Gasteiger partial charge in [0.25, 0.3) is 0 Å². The average molecular weight is 272 g/mol. The first-order valence-electron chi connectivity index (χ1n) is 6.51. The molecular formula is C16H20N2O2. The highest BCUT2D eigenvalue weighted by Crippen LogP contribution is 2.23. The van der Waals surface area contributed by atoms with E-state index in [-0.39, 0.29) is 0 Å². The smallest absolute Gasteiger partial charge is 0.122 e. The van der Waals surface area contributed by atoms with Crippen molar-refractivity contribution in [1.29, 1.82) is 0 Å². The van der Waals surface area contributed by atoms with Gasteiger partial charge in [0.2, 0.25) is 0 Å². The van der Waals surface area contributed by atoms with Gasteiger partial charge in [0.15, 0.2) is 0 Å². The molecule has 20 heavy (non-hydrogen) atoms. The van der Waals surface area contributed by atoms with Crippen molar-refractivity contribution in [2.45, 2.75) is 13.1 Å². The van der Waals surface area contributed by atoms with E-state index in [2.05, 4.69) is 16.9 Å². The van der Waals surface area contributed by atoms with Crippen LogP contribution in [-0.2, 0) is 13.1 Å². The Hall–Kier alpha value is -2.07. The fraction of sp³-hybridized carbons (Fsp3) is 0.312. The van der Waals surface area contributed by atoms with E-state index < -0.39 is 0 Å². The normalized spacial score (nSPS) is 10.6. The number of rotatable bonds is 6. The van der Waals surface area contributed by atoms with Crippen LogP contribution in [-0.4, -0.2) is 31.2 Å². The third-order valence-corrected chi connectivity index (χ3v) is 3.02. The molecule has 1 heterocycles. The zero-order valence-electron chi connectivity index (χ0n) is 12.2. The lowest BCUT2D eigenvalue weighted by Crippen LogP contribution is -2.18. The van der Waals surface area contributed by atoms with Crippen LogP contribution in [0.2, 0.25) is 0 Å². The third-order valence-electron chi connectivity index (χ3n) is 3.02. The van der Waals surface area contributed by atoms with Crippen molar-refractivity contribution in [1.82, 2.24) is 9.88 Å². The fourth-order valence-electron chi connectivity index (χ4n) is 2.09. The standard InChI is InChI=1S/C16H20N2O2/c1-18(12-14-6-4-5-7-17-14)11-13-8-15(19-2)10-16(9-13)20-3/h4-10H,11-12H2,1-3H3. The number of ether oxygens (including phenoxy) is 2. The minimum atomic E-state index is 0.806. The van der Waals surface area contributed by atoms with Gasteiger partial charge in [0.1, 0.15) is 11.5 Å². The Labute approximate surface area is 120 Å². The van der Waals surface area contributed by atoms with Gasteiger partial charge in [-0.05, 0) is 36.9 Å². The first kappa shape index (κ1) is 14.3. The van der Waals surface area contributed by atoms with E-state index in [0.29, 0.717) is 0 Å². The molecule has 0 spiro atoms. The van der Waals surface area contributed by atoms with Crippen LogP contribution in [0, 0.1) is 0 Å². The fourth-order valence-corrected chi connectivity index (χ4v) is 2.09. The SMILES string of the molecule is COc1cc(CN(C)Cc2ccccn2)cc(OC)c1. The first-order chi connectivity index (χ1) is 9.71. The number of nitrogens with zero attached hydrogens (tertiary/aromatic N) is 2. The summed E-state index contributed by atoms with van der Waals surface area (Å²) in [6.07, 6.45) is 1.82. The second kappa shape index (κ2) is 6.91. The van der Waals surface area contributed by atoms with Gasteiger partial charge in [-0.3, -0.25) is 9.88 Å². The molecule has 0 fully saturated rings. The van der Waals surface area contributed by atoms with E-state index in [1.165, 1.54) is 0 Å². The van der Waals surface area contributed by atoms with Gasteiger partial charge < -0.3 is 9.47 Å². The predicted molar refractivity (Wildman–Crippen MR) is 79.0 cm³/mol. The molecule has 0 atom stereocenters. The van der Waals surface area contributed by atoms with E-state index in [1.807, 2.05) is 42.6 Å². The van der Waals surface area contributed by atoms with Gasteiger partial charge >= 0.3 is 0 Å². The largest absolute Gasteiger partial charge is 0.497 e. The molecule has 1 aromatic heterocycles. The maximum atomic E-state index is 5.29. The average Bonchev–Trinajstić information content (AvgIpc) is 2.47. The van der Waals surface area contributed by atoms with E-state index in [1.54, 1.807) is 14.2 Å². The lowest BCUT2D eigenvalue weighted by Gasteiger charge is -2.17. The summed E-state index contributed by atoms with van der Waals surface area (Å²) in [7, 11) is 5.40. The first-order valence-corrected chi connectivity index (χ1v) is 6.51. The molecular weight excluding hydrogens is 252 g/mol. The number of hydrogen-bond acceptors (Lipinski definition) is 4. The minimum Gasteiger partial charge on any atom is -0.497 e. The lowest BCUT2D eigenvalue weighted by atomic mass is 10.2. The van der Waals surface area contributed by atoms with Crippen LogP contribution in [0.4, 0.5) is 0 Å². The van der Waals surface area contributed by atoms with Crippen LogP contribution < -0.4 is 9.47 Å². The molecule has 0 saturated heterocycles. The number of benzene rings is 1. The Balaban J connectivity index is 2.05. The van der Waals surface area contributed by atoms with Gasteiger partial charge in [0, 0.05) is 25.4 Å². The van der Waals surface area contributed by atoms with Crippen LogP contribution >= 0.6 is 0 Å². The highest BCUT2D eigenvalue weighted by atomic mass is 16.5. The zero-order valence-corrected chi connectivity index (χ0v) is 12.2. The zero-order chi connectivity index (χ0) is 14.4. The Morgan fingerprint density at radius 1 is 1.00 bits per heavy atom. The molecule has 0 radical (unpaired) electrons. The maximum Gasteiger partial charge on any atom is 0.122 e. The molecule has 0 aliphatic rings. The number of pyridine rings is 1. The summed E-state index contributed by atoms with van der Waals surface area (Å²) in [5.74, 6) is 1.62. The summed E-state index contributed by atoms with van der Waals surface area (Å²) in [6, 6.07) is 11.9.